The van der Waals surface area contributed by atoms with Gasteiger partial charge in [0.05, 0.1) is 6.04 Å². The summed E-state index contributed by atoms with van der Waals surface area (Å²) in [4.78, 5) is 26.5. The molecule has 2 amide bonds. The molecule has 0 radical (unpaired) electrons. The maximum Gasteiger partial charge on any atom is 0.224 e. The molecule has 2 fully saturated rings. The fourth-order valence-electron chi connectivity index (χ4n) is 3.22. The third-order valence-electron chi connectivity index (χ3n) is 5.00. The molecule has 1 aromatic rings. The number of hydrogen-bond donors (Lipinski definition) is 1. The van der Waals surface area contributed by atoms with Crippen molar-refractivity contribution in [2.24, 2.45) is 11.8 Å². The van der Waals surface area contributed by atoms with Gasteiger partial charge in [0.2, 0.25) is 11.8 Å². The lowest BCUT2D eigenvalue weighted by Crippen LogP contribution is -2.42. The van der Waals surface area contributed by atoms with E-state index in [2.05, 4.69) is 43.4 Å². The van der Waals surface area contributed by atoms with Crippen LogP contribution in [0.1, 0.15) is 36.9 Å². The van der Waals surface area contributed by atoms with E-state index in [1.807, 2.05) is 16.7 Å². The van der Waals surface area contributed by atoms with Gasteiger partial charge in [-0.25, -0.2) is 0 Å². The minimum Gasteiger partial charge on any atom is -0.355 e. The minimum atomic E-state index is 0.111. The summed E-state index contributed by atoms with van der Waals surface area (Å²) in [6.07, 6.45) is 1.37. The van der Waals surface area contributed by atoms with E-state index in [1.54, 1.807) is 0 Å². The maximum absolute atomic E-state index is 12.6. The highest BCUT2D eigenvalue weighted by Gasteiger charge is 2.38. The average molecular weight is 346 g/mol. The predicted octanol–water partition coefficient (Wildman–Crippen LogP) is 2.77. The van der Waals surface area contributed by atoms with Crippen LogP contribution in [0, 0.1) is 18.8 Å². The van der Waals surface area contributed by atoms with Crippen LogP contribution < -0.4 is 5.32 Å². The quantitative estimate of drug-likeness (QED) is 0.892. The molecule has 130 valence electrons. The first kappa shape index (κ1) is 17.3. The van der Waals surface area contributed by atoms with Crippen molar-refractivity contribution in [1.29, 1.82) is 0 Å². The van der Waals surface area contributed by atoms with Gasteiger partial charge in [-0.15, -0.1) is 0 Å². The Morgan fingerprint density at radius 3 is 2.67 bits per heavy atom. The van der Waals surface area contributed by atoms with Crippen LogP contribution in [0.3, 0.4) is 0 Å². The molecule has 1 saturated carbocycles. The predicted molar refractivity (Wildman–Crippen MR) is 97.9 cm³/mol. The standard InChI is InChI=1S/C19H26N2O2S/c1-13-3-5-15(6-4-13)17-12-24-10-9-21(17)18(22)7-8-20-19(23)16-11-14(16)2/h3-6,14,16-17H,7-12H2,1-2H3,(H,20,23). The van der Waals surface area contributed by atoms with Gasteiger partial charge in [-0.3, -0.25) is 9.59 Å². The van der Waals surface area contributed by atoms with E-state index in [0.29, 0.717) is 18.9 Å². The number of nitrogens with zero attached hydrogens (tertiary/aromatic N) is 1. The second-order valence-electron chi connectivity index (χ2n) is 6.95. The Bertz CT molecular complexity index is 602. The molecule has 2 aliphatic rings. The van der Waals surface area contributed by atoms with Crippen molar-refractivity contribution in [1.82, 2.24) is 10.2 Å². The van der Waals surface area contributed by atoms with Crippen molar-refractivity contribution in [3.05, 3.63) is 35.4 Å². The molecule has 1 N–H and O–H groups in total. The normalized spacial score (nSPS) is 26.1. The highest BCUT2D eigenvalue weighted by molar-refractivity contribution is 7.99. The Morgan fingerprint density at radius 2 is 2.00 bits per heavy atom. The lowest BCUT2D eigenvalue weighted by molar-refractivity contribution is -0.133. The van der Waals surface area contributed by atoms with Gasteiger partial charge in [-0.05, 0) is 24.8 Å². The summed E-state index contributed by atoms with van der Waals surface area (Å²) in [5.41, 5.74) is 2.44. The first-order chi connectivity index (χ1) is 11.6. The smallest absolute Gasteiger partial charge is 0.224 e. The number of hydrogen-bond acceptors (Lipinski definition) is 3. The number of carbonyl (C=O) groups excluding carboxylic acids is 2. The van der Waals surface area contributed by atoms with E-state index < -0.39 is 0 Å². The molecule has 0 aromatic heterocycles. The number of nitrogens with one attached hydrogen (secondary N) is 1. The molecule has 5 heteroatoms. The molecule has 0 spiro atoms. The summed E-state index contributed by atoms with van der Waals surface area (Å²) in [5, 5.41) is 2.92. The molecule has 1 aromatic carbocycles. The third kappa shape index (κ3) is 4.12. The molecule has 3 unspecified atom stereocenters. The van der Waals surface area contributed by atoms with Gasteiger partial charge in [0.15, 0.2) is 0 Å². The van der Waals surface area contributed by atoms with Crippen molar-refractivity contribution in [3.8, 4) is 0 Å². The summed E-state index contributed by atoms with van der Waals surface area (Å²) >= 11 is 1.90. The summed E-state index contributed by atoms with van der Waals surface area (Å²) in [5.74, 6) is 2.86. The molecule has 1 heterocycles. The van der Waals surface area contributed by atoms with Crippen LogP contribution in [-0.4, -0.2) is 41.3 Å². The summed E-state index contributed by atoms with van der Waals surface area (Å²) in [7, 11) is 0. The fraction of sp³-hybridized carbons (Fsp3) is 0.579. The van der Waals surface area contributed by atoms with E-state index in [-0.39, 0.29) is 23.8 Å². The average Bonchev–Trinajstić information content (AvgIpc) is 3.32. The second kappa shape index (κ2) is 7.60. The van der Waals surface area contributed by atoms with Gasteiger partial charge in [-0.1, -0.05) is 36.8 Å². The van der Waals surface area contributed by atoms with E-state index in [0.717, 1.165) is 24.5 Å². The molecular weight excluding hydrogens is 320 g/mol. The largest absolute Gasteiger partial charge is 0.355 e. The topological polar surface area (TPSA) is 49.4 Å². The van der Waals surface area contributed by atoms with Crippen LogP contribution in [0.4, 0.5) is 0 Å². The molecule has 4 nitrogen and oxygen atoms in total. The van der Waals surface area contributed by atoms with E-state index in [4.69, 9.17) is 0 Å². The van der Waals surface area contributed by atoms with Gasteiger partial charge in [-0.2, -0.15) is 11.8 Å². The highest BCUT2D eigenvalue weighted by Crippen LogP contribution is 2.37. The number of thioether (sulfide) groups is 1. The molecule has 1 aliphatic heterocycles. The molecular formula is C19H26N2O2S. The SMILES string of the molecule is Cc1ccc(C2CSCCN2C(=O)CCNC(=O)C2CC2C)cc1. The zero-order chi connectivity index (χ0) is 17.1. The van der Waals surface area contributed by atoms with Gasteiger partial charge in [0, 0.05) is 36.9 Å². The second-order valence-corrected chi connectivity index (χ2v) is 8.10. The van der Waals surface area contributed by atoms with Crippen LogP contribution in [0.2, 0.25) is 0 Å². The van der Waals surface area contributed by atoms with E-state index in [1.165, 1.54) is 11.1 Å². The summed E-state index contributed by atoms with van der Waals surface area (Å²) in [6, 6.07) is 8.61. The Morgan fingerprint density at radius 1 is 1.29 bits per heavy atom. The molecule has 1 saturated heterocycles. The van der Waals surface area contributed by atoms with Gasteiger partial charge >= 0.3 is 0 Å². The van der Waals surface area contributed by atoms with Crippen LogP contribution in [0.15, 0.2) is 24.3 Å². The highest BCUT2D eigenvalue weighted by atomic mass is 32.2. The van der Waals surface area contributed by atoms with Crippen molar-refractivity contribution < 1.29 is 9.59 Å². The van der Waals surface area contributed by atoms with Crippen LogP contribution >= 0.6 is 11.8 Å². The molecule has 0 bridgehead atoms. The van der Waals surface area contributed by atoms with Gasteiger partial charge in [0.25, 0.3) is 0 Å². The molecule has 1 aliphatic carbocycles. The van der Waals surface area contributed by atoms with Crippen LogP contribution in [0.25, 0.3) is 0 Å². The van der Waals surface area contributed by atoms with Crippen LogP contribution in [0.5, 0.6) is 0 Å². The maximum atomic E-state index is 12.6. The third-order valence-corrected chi connectivity index (χ3v) is 6.02. The zero-order valence-corrected chi connectivity index (χ0v) is 15.3. The zero-order valence-electron chi connectivity index (χ0n) is 14.5. The van der Waals surface area contributed by atoms with E-state index in [9.17, 15) is 9.59 Å². The monoisotopic (exact) mass is 346 g/mol. The minimum absolute atomic E-state index is 0.111. The number of aryl methyl sites for hydroxylation is 1. The Labute approximate surface area is 148 Å². The lowest BCUT2D eigenvalue weighted by Gasteiger charge is -2.36. The number of rotatable bonds is 5. The lowest BCUT2D eigenvalue weighted by atomic mass is 10.0. The Kier molecular flexibility index (Phi) is 5.49. The molecule has 3 atom stereocenters. The van der Waals surface area contributed by atoms with Crippen molar-refractivity contribution in [2.45, 2.75) is 32.7 Å². The number of carbonyl (C=O) groups is 2. The van der Waals surface area contributed by atoms with Crippen molar-refractivity contribution >= 4 is 23.6 Å². The first-order valence-corrected chi connectivity index (χ1v) is 9.93. The Balaban J connectivity index is 1.55. The van der Waals surface area contributed by atoms with Crippen LogP contribution in [-0.2, 0) is 9.59 Å². The van der Waals surface area contributed by atoms with Crippen molar-refractivity contribution in [3.63, 3.8) is 0 Å². The van der Waals surface area contributed by atoms with Gasteiger partial charge < -0.3 is 10.2 Å². The number of benzene rings is 1. The summed E-state index contributed by atoms with van der Waals surface area (Å²) in [6.45, 7) is 5.40. The first-order valence-electron chi connectivity index (χ1n) is 8.77. The molecule has 3 rings (SSSR count). The molecule has 24 heavy (non-hydrogen) atoms. The fourth-order valence-corrected chi connectivity index (χ4v) is 4.31. The number of amides is 2. The summed E-state index contributed by atoms with van der Waals surface area (Å²) < 4.78 is 0. The van der Waals surface area contributed by atoms with E-state index >= 15 is 0 Å². The van der Waals surface area contributed by atoms with Gasteiger partial charge in [0.1, 0.15) is 0 Å². The Hall–Kier alpha value is -1.49. The van der Waals surface area contributed by atoms with Crippen molar-refractivity contribution in [2.75, 3.05) is 24.6 Å².